The molecule has 0 aliphatic carbocycles. The van der Waals surface area contributed by atoms with Crippen molar-refractivity contribution < 1.29 is 19.1 Å². The average molecular weight is 514 g/mol. The summed E-state index contributed by atoms with van der Waals surface area (Å²) in [6, 6.07) is 17.7. The fourth-order valence-corrected chi connectivity index (χ4v) is 5.21. The molecule has 198 valence electrons. The third-order valence-electron chi connectivity index (χ3n) is 7.22. The van der Waals surface area contributed by atoms with E-state index in [0.717, 1.165) is 38.3 Å². The summed E-state index contributed by atoms with van der Waals surface area (Å²) in [5, 5.41) is 3.18. The summed E-state index contributed by atoms with van der Waals surface area (Å²) in [5.74, 6) is 0.986. The van der Waals surface area contributed by atoms with E-state index in [1.165, 1.54) is 12.7 Å². The number of nitrogens with zero attached hydrogens (tertiary/aromatic N) is 2. The molecule has 2 heterocycles. The molecule has 4 rings (SSSR count). The van der Waals surface area contributed by atoms with Crippen molar-refractivity contribution in [2.45, 2.75) is 39.5 Å². The number of methoxy groups -OCH3 is 1. The Hall–Kier alpha value is -3.86. The highest BCUT2D eigenvalue weighted by Gasteiger charge is 2.38. The van der Waals surface area contributed by atoms with Crippen LogP contribution < -0.4 is 5.32 Å². The molecule has 2 aromatic rings. The van der Waals surface area contributed by atoms with Crippen molar-refractivity contribution in [3.63, 3.8) is 0 Å². The van der Waals surface area contributed by atoms with Crippen LogP contribution in [-0.2, 0) is 25.6 Å². The van der Waals surface area contributed by atoms with Crippen molar-refractivity contribution in [2.24, 2.45) is 0 Å². The fourth-order valence-electron chi connectivity index (χ4n) is 5.21. The van der Waals surface area contributed by atoms with E-state index in [1.807, 2.05) is 44.2 Å². The van der Waals surface area contributed by atoms with Crippen LogP contribution in [0.5, 0.6) is 0 Å². The Kier molecular flexibility index (Phi) is 8.67. The van der Waals surface area contributed by atoms with Crippen LogP contribution in [0.15, 0.2) is 77.1 Å². The van der Waals surface area contributed by atoms with Crippen LogP contribution in [-0.4, -0.2) is 61.3 Å². The second-order valence-corrected chi connectivity index (χ2v) is 9.70. The lowest BCUT2D eigenvalue weighted by Gasteiger charge is -2.38. The molecule has 2 aliphatic heterocycles. The normalized spacial score (nSPS) is 19.4. The molecule has 7 nitrogen and oxygen atoms in total. The van der Waals surface area contributed by atoms with Crippen molar-refractivity contribution in [3.05, 3.63) is 93.8 Å². The smallest absolute Gasteiger partial charge is 0.338 e. The van der Waals surface area contributed by atoms with E-state index < -0.39 is 24.1 Å². The minimum absolute atomic E-state index is 0.362. The van der Waals surface area contributed by atoms with Gasteiger partial charge in [-0.05, 0) is 44.0 Å². The number of nitrogens with one attached hydrogen (secondary N) is 1. The van der Waals surface area contributed by atoms with Gasteiger partial charge in [-0.1, -0.05) is 48.4 Å². The molecule has 0 aromatic heterocycles. The zero-order chi connectivity index (χ0) is 27.2. The fraction of sp³-hybridized carbons (Fsp3) is 0.355. The molecule has 2 atom stereocenters. The van der Waals surface area contributed by atoms with Crippen molar-refractivity contribution in [3.8, 4) is 12.3 Å². The molecule has 2 unspecified atom stereocenters. The number of carbonyl (C=O) groups excluding carboxylic acids is 2. The number of ether oxygens (including phenoxy) is 2. The van der Waals surface area contributed by atoms with Crippen LogP contribution in [0.1, 0.15) is 43.4 Å². The van der Waals surface area contributed by atoms with Crippen LogP contribution in [0.25, 0.3) is 0 Å². The van der Waals surface area contributed by atoms with Gasteiger partial charge in [0.2, 0.25) is 0 Å². The molecule has 0 amide bonds. The molecule has 2 aliphatic rings. The first-order valence-corrected chi connectivity index (χ1v) is 12.9. The topological polar surface area (TPSA) is 71.1 Å². The lowest BCUT2D eigenvalue weighted by Crippen LogP contribution is -2.50. The molecule has 1 fully saturated rings. The number of piperazine rings is 1. The van der Waals surface area contributed by atoms with Gasteiger partial charge < -0.3 is 14.8 Å². The van der Waals surface area contributed by atoms with E-state index in [1.54, 1.807) is 6.92 Å². The maximum atomic E-state index is 13.7. The van der Waals surface area contributed by atoms with E-state index >= 15 is 0 Å². The van der Waals surface area contributed by atoms with E-state index in [9.17, 15) is 9.59 Å². The van der Waals surface area contributed by atoms with Gasteiger partial charge in [0.05, 0.1) is 24.2 Å². The second-order valence-electron chi connectivity index (χ2n) is 9.70. The van der Waals surface area contributed by atoms with Gasteiger partial charge >= 0.3 is 11.9 Å². The highest BCUT2D eigenvalue weighted by Crippen LogP contribution is 2.39. The first-order valence-electron chi connectivity index (χ1n) is 12.9. The minimum Gasteiger partial charge on any atom is -0.466 e. The maximum Gasteiger partial charge on any atom is 0.338 e. The summed E-state index contributed by atoms with van der Waals surface area (Å²) in [5.41, 5.74) is 4.68. The van der Waals surface area contributed by atoms with Gasteiger partial charge in [-0.15, -0.1) is 6.42 Å². The van der Waals surface area contributed by atoms with Crippen LogP contribution in [0.4, 0.5) is 0 Å². The Balaban J connectivity index is 1.51. The monoisotopic (exact) mass is 513 g/mol. The standard InChI is InChI=1S/C31H35N3O4/c1-6-24-13-10-14-26(19-24)29-27(30(35)37-5)21(2)32-22(3)28(29)31(36)38-23(4)34-17-15-33(16-18-34)20-25-11-8-7-9-12-25/h1,7-14,19,23,29,32H,15-18,20H2,2-5H3. The summed E-state index contributed by atoms with van der Waals surface area (Å²) in [6.45, 7) is 9.77. The Bertz CT molecular complexity index is 1280. The van der Waals surface area contributed by atoms with E-state index in [-0.39, 0.29) is 0 Å². The van der Waals surface area contributed by atoms with Gasteiger partial charge in [0.15, 0.2) is 6.23 Å². The molecule has 1 N–H and O–H groups in total. The predicted octanol–water partition coefficient (Wildman–Crippen LogP) is 3.78. The predicted molar refractivity (Wildman–Crippen MR) is 147 cm³/mol. The van der Waals surface area contributed by atoms with Crippen molar-refractivity contribution >= 4 is 11.9 Å². The number of rotatable bonds is 7. The molecular formula is C31H35N3O4. The molecule has 0 bridgehead atoms. The third-order valence-corrected chi connectivity index (χ3v) is 7.22. The molecule has 0 spiro atoms. The quantitative estimate of drug-likeness (QED) is 0.446. The summed E-state index contributed by atoms with van der Waals surface area (Å²) >= 11 is 0. The molecule has 7 heteroatoms. The van der Waals surface area contributed by atoms with Crippen LogP contribution in [0.2, 0.25) is 0 Å². The highest BCUT2D eigenvalue weighted by molar-refractivity contribution is 5.99. The lowest BCUT2D eigenvalue weighted by molar-refractivity contribution is -0.154. The van der Waals surface area contributed by atoms with E-state index in [4.69, 9.17) is 15.9 Å². The molecular weight excluding hydrogens is 478 g/mol. The van der Waals surface area contributed by atoms with Gasteiger partial charge in [0.25, 0.3) is 0 Å². The Morgan fingerprint density at radius 1 is 1.00 bits per heavy atom. The van der Waals surface area contributed by atoms with Gasteiger partial charge in [-0.25, -0.2) is 9.59 Å². The van der Waals surface area contributed by atoms with E-state index in [2.05, 4.69) is 45.3 Å². The molecule has 0 radical (unpaired) electrons. The van der Waals surface area contributed by atoms with Crippen LogP contribution in [0, 0.1) is 12.3 Å². The van der Waals surface area contributed by atoms with Crippen molar-refractivity contribution in [1.82, 2.24) is 15.1 Å². The Morgan fingerprint density at radius 2 is 1.66 bits per heavy atom. The summed E-state index contributed by atoms with van der Waals surface area (Å²) < 4.78 is 11.1. The first kappa shape index (κ1) is 27.2. The third kappa shape index (κ3) is 5.99. The van der Waals surface area contributed by atoms with Crippen LogP contribution in [0.3, 0.4) is 0 Å². The van der Waals surface area contributed by atoms with Gasteiger partial charge in [0, 0.05) is 49.7 Å². The zero-order valence-corrected chi connectivity index (χ0v) is 22.5. The lowest BCUT2D eigenvalue weighted by atomic mass is 9.80. The van der Waals surface area contributed by atoms with Crippen molar-refractivity contribution in [2.75, 3.05) is 33.3 Å². The highest BCUT2D eigenvalue weighted by atomic mass is 16.6. The zero-order valence-electron chi connectivity index (χ0n) is 22.5. The van der Waals surface area contributed by atoms with Crippen molar-refractivity contribution in [1.29, 1.82) is 0 Å². The largest absolute Gasteiger partial charge is 0.466 e. The minimum atomic E-state index is -0.667. The van der Waals surface area contributed by atoms with Gasteiger partial charge in [0.1, 0.15) is 0 Å². The number of hydrogen-bond acceptors (Lipinski definition) is 7. The number of terminal acetylenes is 1. The first-order chi connectivity index (χ1) is 18.3. The van der Waals surface area contributed by atoms with Gasteiger partial charge in [-0.2, -0.15) is 0 Å². The summed E-state index contributed by atoms with van der Waals surface area (Å²) in [7, 11) is 1.33. The molecule has 38 heavy (non-hydrogen) atoms. The number of hydrogen-bond donors (Lipinski definition) is 1. The number of dihydropyridines is 1. The Labute approximate surface area is 225 Å². The molecule has 1 saturated heterocycles. The Morgan fingerprint density at radius 3 is 2.29 bits per heavy atom. The molecule has 2 aromatic carbocycles. The summed E-state index contributed by atoms with van der Waals surface area (Å²) in [4.78, 5) is 31.1. The number of carbonyl (C=O) groups is 2. The summed E-state index contributed by atoms with van der Waals surface area (Å²) in [6.07, 6.45) is 5.22. The second kappa shape index (κ2) is 12.1. The number of benzene rings is 2. The SMILES string of the molecule is C#Cc1cccc(C2C(C(=O)OC)=C(C)NC(C)=C2C(=O)OC(C)N2CCN(Cc3ccccc3)CC2)c1. The number of esters is 2. The van der Waals surface area contributed by atoms with Crippen LogP contribution >= 0.6 is 0 Å². The molecule has 0 saturated carbocycles. The maximum absolute atomic E-state index is 13.7. The van der Waals surface area contributed by atoms with E-state index in [0.29, 0.717) is 28.1 Å². The average Bonchev–Trinajstić information content (AvgIpc) is 2.93. The van der Waals surface area contributed by atoms with Gasteiger partial charge in [-0.3, -0.25) is 9.80 Å². The number of allylic oxidation sites excluding steroid dienone is 2.